The van der Waals surface area contributed by atoms with Gasteiger partial charge >= 0.3 is 5.97 Å². The average Bonchev–Trinajstić information content (AvgIpc) is 2.33. The molecular formula is C15H26O3S. The Kier molecular flexibility index (Phi) is 4.83. The first-order chi connectivity index (χ1) is 8.94. The average molecular weight is 286 g/mol. The van der Waals surface area contributed by atoms with Crippen molar-refractivity contribution in [3.63, 3.8) is 0 Å². The minimum absolute atomic E-state index is 0.158. The lowest BCUT2D eigenvalue weighted by molar-refractivity contribution is -0.143. The fraction of sp³-hybridized carbons (Fsp3) is 0.933. The van der Waals surface area contributed by atoms with Gasteiger partial charge in [0.25, 0.3) is 0 Å². The summed E-state index contributed by atoms with van der Waals surface area (Å²) in [4.78, 5) is 11.4. The molecule has 1 aliphatic heterocycles. The number of carboxylic acid groups (broad SMARTS) is 1. The van der Waals surface area contributed by atoms with E-state index in [2.05, 4.69) is 20.8 Å². The van der Waals surface area contributed by atoms with Crippen molar-refractivity contribution in [1.82, 2.24) is 0 Å². The zero-order valence-electron chi connectivity index (χ0n) is 12.2. The van der Waals surface area contributed by atoms with Gasteiger partial charge in [0.15, 0.2) is 0 Å². The molecular weight excluding hydrogens is 260 g/mol. The van der Waals surface area contributed by atoms with Gasteiger partial charge in [-0.15, -0.1) is 11.8 Å². The van der Waals surface area contributed by atoms with Crippen LogP contribution in [0.15, 0.2) is 0 Å². The van der Waals surface area contributed by atoms with Crippen molar-refractivity contribution >= 4 is 17.7 Å². The van der Waals surface area contributed by atoms with Crippen molar-refractivity contribution in [2.45, 2.75) is 57.0 Å². The van der Waals surface area contributed by atoms with Crippen molar-refractivity contribution in [2.24, 2.45) is 17.3 Å². The zero-order chi connectivity index (χ0) is 14.0. The zero-order valence-corrected chi connectivity index (χ0v) is 13.0. The van der Waals surface area contributed by atoms with Crippen LogP contribution in [0.1, 0.15) is 46.5 Å². The highest BCUT2D eigenvalue weighted by Gasteiger charge is 2.41. The molecule has 3 unspecified atom stereocenters. The van der Waals surface area contributed by atoms with Crippen LogP contribution in [-0.4, -0.2) is 34.8 Å². The molecule has 1 aliphatic carbocycles. The second-order valence-electron chi connectivity index (χ2n) is 6.63. The van der Waals surface area contributed by atoms with Crippen LogP contribution in [0.2, 0.25) is 0 Å². The summed E-state index contributed by atoms with van der Waals surface area (Å²) in [5.74, 6) is -0.105. The number of hydrogen-bond donors (Lipinski definition) is 1. The van der Waals surface area contributed by atoms with Crippen LogP contribution in [0.4, 0.5) is 0 Å². The van der Waals surface area contributed by atoms with Gasteiger partial charge in [0.1, 0.15) is 0 Å². The number of thioether (sulfide) groups is 1. The van der Waals surface area contributed by atoms with Crippen molar-refractivity contribution in [3.8, 4) is 0 Å². The van der Waals surface area contributed by atoms with Gasteiger partial charge in [0.2, 0.25) is 0 Å². The molecule has 3 atom stereocenters. The fourth-order valence-electron chi connectivity index (χ4n) is 3.10. The molecule has 2 fully saturated rings. The number of hydrogen-bond acceptors (Lipinski definition) is 3. The van der Waals surface area contributed by atoms with Gasteiger partial charge in [0.05, 0.1) is 24.4 Å². The summed E-state index contributed by atoms with van der Waals surface area (Å²) in [6.45, 7) is 8.50. The molecule has 0 amide bonds. The maximum Gasteiger partial charge on any atom is 0.307 e. The topological polar surface area (TPSA) is 46.5 Å². The van der Waals surface area contributed by atoms with E-state index in [-0.39, 0.29) is 11.2 Å². The summed E-state index contributed by atoms with van der Waals surface area (Å²) in [5.41, 5.74) is 0.332. The third-order valence-corrected chi connectivity index (χ3v) is 6.63. The first kappa shape index (κ1) is 15.2. The third-order valence-electron chi connectivity index (χ3n) is 5.10. The Morgan fingerprint density at radius 1 is 1.37 bits per heavy atom. The van der Waals surface area contributed by atoms with Crippen LogP contribution in [0.5, 0.6) is 0 Å². The SMILES string of the molecule is CCC(C)(C)C1CCC(C(=O)O)C(SC2COC2)C1. The molecule has 0 aromatic rings. The number of rotatable bonds is 5. The molecule has 0 aromatic carbocycles. The highest BCUT2D eigenvalue weighted by molar-refractivity contribution is 8.00. The van der Waals surface area contributed by atoms with Gasteiger partial charge in [-0.25, -0.2) is 0 Å². The normalized spacial score (nSPS) is 32.9. The molecule has 1 saturated carbocycles. The summed E-state index contributed by atoms with van der Waals surface area (Å²) in [6, 6.07) is 0. The lowest BCUT2D eigenvalue weighted by Crippen LogP contribution is -2.41. The van der Waals surface area contributed by atoms with Crippen molar-refractivity contribution in [2.75, 3.05) is 13.2 Å². The Labute approximate surface area is 120 Å². The van der Waals surface area contributed by atoms with Gasteiger partial charge < -0.3 is 9.84 Å². The second-order valence-corrected chi connectivity index (χ2v) is 8.18. The molecule has 0 aromatic heterocycles. The summed E-state index contributed by atoms with van der Waals surface area (Å²) in [6.07, 6.45) is 4.13. The minimum atomic E-state index is -0.606. The molecule has 3 nitrogen and oxygen atoms in total. The van der Waals surface area contributed by atoms with Crippen molar-refractivity contribution in [1.29, 1.82) is 0 Å². The van der Waals surface area contributed by atoms with E-state index in [9.17, 15) is 9.90 Å². The van der Waals surface area contributed by atoms with Crippen LogP contribution in [0.3, 0.4) is 0 Å². The third kappa shape index (κ3) is 3.46. The Morgan fingerprint density at radius 2 is 2.05 bits per heavy atom. The summed E-state index contributed by atoms with van der Waals surface area (Å²) in [7, 11) is 0. The van der Waals surface area contributed by atoms with Gasteiger partial charge in [0, 0.05) is 5.25 Å². The molecule has 19 heavy (non-hydrogen) atoms. The first-order valence-corrected chi connectivity index (χ1v) is 8.34. The maximum atomic E-state index is 11.4. The van der Waals surface area contributed by atoms with E-state index in [1.165, 1.54) is 6.42 Å². The second kappa shape index (κ2) is 6.04. The number of carboxylic acids is 1. The Morgan fingerprint density at radius 3 is 2.53 bits per heavy atom. The van der Waals surface area contributed by atoms with Crippen LogP contribution in [0, 0.1) is 17.3 Å². The van der Waals surface area contributed by atoms with Crippen molar-refractivity contribution in [3.05, 3.63) is 0 Å². The van der Waals surface area contributed by atoms with Crippen LogP contribution in [0.25, 0.3) is 0 Å². The molecule has 2 rings (SSSR count). The lowest BCUT2D eigenvalue weighted by atomic mass is 9.67. The highest BCUT2D eigenvalue weighted by Crippen LogP contribution is 2.47. The summed E-state index contributed by atoms with van der Waals surface area (Å²) >= 11 is 1.87. The molecule has 1 heterocycles. The maximum absolute atomic E-state index is 11.4. The molecule has 0 spiro atoms. The standard InChI is InChI=1S/C15H26O3S/c1-4-15(2,3)10-5-6-12(14(16)17)13(7-10)19-11-8-18-9-11/h10-13H,4-9H2,1-3H3,(H,16,17). The molecule has 110 valence electrons. The lowest BCUT2D eigenvalue weighted by Gasteiger charge is -2.43. The van der Waals surface area contributed by atoms with Crippen LogP contribution in [-0.2, 0) is 9.53 Å². The Bertz CT molecular complexity index is 325. The van der Waals surface area contributed by atoms with E-state index < -0.39 is 5.97 Å². The van der Waals surface area contributed by atoms with Gasteiger partial charge in [-0.2, -0.15) is 0 Å². The molecule has 2 aliphatic rings. The predicted molar refractivity (Wildman–Crippen MR) is 78.5 cm³/mol. The largest absolute Gasteiger partial charge is 0.481 e. The summed E-state index contributed by atoms with van der Waals surface area (Å²) < 4.78 is 5.22. The Balaban J connectivity index is 2.01. The van der Waals surface area contributed by atoms with E-state index in [1.807, 2.05) is 11.8 Å². The minimum Gasteiger partial charge on any atom is -0.481 e. The van der Waals surface area contributed by atoms with E-state index in [0.29, 0.717) is 16.6 Å². The van der Waals surface area contributed by atoms with E-state index in [0.717, 1.165) is 32.5 Å². The quantitative estimate of drug-likeness (QED) is 0.841. The van der Waals surface area contributed by atoms with Crippen LogP contribution < -0.4 is 0 Å². The number of ether oxygens (including phenoxy) is 1. The number of aliphatic carboxylic acids is 1. The molecule has 1 N–H and O–H groups in total. The predicted octanol–water partition coefficient (Wildman–Crippen LogP) is 3.42. The smallest absolute Gasteiger partial charge is 0.307 e. The molecule has 1 saturated heterocycles. The molecule has 4 heteroatoms. The monoisotopic (exact) mass is 286 g/mol. The fourth-order valence-corrected chi connectivity index (χ4v) is 4.73. The molecule has 0 bridgehead atoms. The van der Waals surface area contributed by atoms with Gasteiger partial charge in [-0.3, -0.25) is 4.79 Å². The Hall–Kier alpha value is -0.220. The first-order valence-electron chi connectivity index (χ1n) is 7.40. The summed E-state index contributed by atoms with van der Waals surface area (Å²) in [5, 5.41) is 10.2. The van der Waals surface area contributed by atoms with E-state index in [4.69, 9.17) is 4.74 Å². The van der Waals surface area contributed by atoms with Crippen molar-refractivity contribution < 1.29 is 14.6 Å². The number of carbonyl (C=O) groups is 1. The van der Waals surface area contributed by atoms with E-state index >= 15 is 0 Å². The van der Waals surface area contributed by atoms with Gasteiger partial charge in [-0.1, -0.05) is 27.2 Å². The highest BCUT2D eigenvalue weighted by atomic mass is 32.2. The van der Waals surface area contributed by atoms with Gasteiger partial charge in [-0.05, 0) is 30.6 Å². The van der Waals surface area contributed by atoms with E-state index in [1.54, 1.807) is 0 Å². The van der Waals surface area contributed by atoms with Crippen LogP contribution >= 0.6 is 11.8 Å². The molecule has 0 radical (unpaired) electrons.